The molecule has 43 heavy (non-hydrogen) atoms. The lowest BCUT2D eigenvalue weighted by Crippen LogP contribution is -2.35. The molecule has 5 heterocycles. The van der Waals surface area contributed by atoms with Gasteiger partial charge in [-0.1, -0.05) is 23.7 Å². The first-order valence-electron chi connectivity index (χ1n) is 14.4. The van der Waals surface area contributed by atoms with Gasteiger partial charge in [-0.15, -0.1) is 0 Å². The number of hydrogen-bond acceptors (Lipinski definition) is 8. The average Bonchev–Trinajstić information content (AvgIpc) is 3.52. The number of amides is 1. The SMILES string of the molecule is C[C@]1(c2ccc(Cl)cn2)Oc2cccc(C3CCN(Cc4nc5cc(C(=O)NO)cc(F)c5n4C[C@@H]4CCO4)CC3)c2O1. The van der Waals surface area contributed by atoms with Gasteiger partial charge < -0.3 is 18.8 Å². The number of likely N-dealkylation sites (tertiary alicyclic amines) is 1. The smallest absolute Gasteiger partial charge is 0.292 e. The molecular formula is C31H31ClFN5O5. The van der Waals surface area contributed by atoms with Crippen LogP contribution in [0.2, 0.25) is 5.02 Å². The van der Waals surface area contributed by atoms with Gasteiger partial charge in [-0.2, -0.15) is 0 Å². The number of hydroxylamine groups is 1. The van der Waals surface area contributed by atoms with E-state index < -0.39 is 17.5 Å². The van der Waals surface area contributed by atoms with E-state index in [0.29, 0.717) is 53.0 Å². The Hall–Kier alpha value is -3.77. The highest BCUT2D eigenvalue weighted by Crippen LogP contribution is 2.49. The number of piperidine rings is 1. The molecule has 0 spiro atoms. The number of nitrogens with zero attached hydrogens (tertiary/aromatic N) is 4. The van der Waals surface area contributed by atoms with Crippen molar-refractivity contribution >= 4 is 28.5 Å². The molecule has 3 aliphatic rings. The van der Waals surface area contributed by atoms with Gasteiger partial charge >= 0.3 is 0 Å². The zero-order valence-corrected chi connectivity index (χ0v) is 24.3. The fourth-order valence-corrected chi connectivity index (χ4v) is 6.34. The van der Waals surface area contributed by atoms with Crippen LogP contribution in [-0.4, -0.2) is 56.3 Å². The Kier molecular flexibility index (Phi) is 7.21. The van der Waals surface area contributed by atoms with Gasteiger partial charge in [0.1, 0.15) is 22.9 Å². The lowest BCUT2D eigenvalue weighted by Gasteiger charge is -2.33. The average molecular weight is 608 g/mol. The summed E-state index contributed by atoms with van der Waals surface area (Å²) in [5.41, 5.74) is 4.04. The molecule has 2 aromatic carbocycles. The fourth-order valence-electron chi connectivity index (χ4n) is 6.23. The molecule has 0 radical (unpaired) electrons. The van der Waals surface area contributed by atoms with Gasteiger partial charge in [0.2, 0.25) is 0 Å². The van der Waals surface area contributed by atoms with E-state index in [1.54, 1.807) is 17.7 Å². The number of ether oxygens (including phenoxy) is 3. The van der Waals surface area contributed by atoms with E-state index in [1.807, 2.05) is 29.7 Å². The maximum Gasteiger partial charge on any atom is 0.292 e. The summed E-state index contributed by atoms with van der Waals surface area (Å²) < 4.78 is 35.5. The van der Waals surface area contributed by atoms with Gasteiger partial charge in [0, 0.05) is 30.9 Å². The molecule has 3 aliphatic heterocycles. The van der Waals surface area contributed by atoms with E-state index >= 15 is 4.39 Å². The number of imidazole rings is 1. The van der Waals surface area contributed by atoms with Gasteiger partial charge in [0.15, 0.2) is 11.5 Å². The predicted molar refractivity (Wildman–Crippen MR) is 155 cm³/mol. The molecule has 224 valence electrons. The lowest BCUT2D eigenvalue weighted by atomic mass is 9.88. The molecule has 2 N–H and O–H groups in total. The summed E-state index contributed by atoms with van der Waals surface area (Å²) in [6.07, 6.45) is 4.28. The van der Waals surface area contributed by atoms with Crippen LogP contribution >= 0.6 is 11.6 Å². The summed E-state index contributed by atoms with van der Waals surface area (Å²) in [6, 6.07) is 12.2. The molecule has 2 aromatic heterocycles. The van der Waals surface area contributed by atoms with Crippen LogP contribution in [0.1, 0.15) is 59.5 Å². The molecular weight excluding hydrogens is 577 g/mol. The van der Waals surface area contributed by atoms with Crippen LogP contribution in [-0.2, 0) is 23.6 Å². The highest BCUT2D eigenvalue weighted by Gasteiger charge is 2.42. The first-order chi connectivity index (χ1) is 20.8. The van der Waals surface area contributed by atoms with Crippen LogP contribution < -0.4 is 15.0 Å². The van der Waals surface area contributed by atoms with Crippen molar-refractivity contribution in [1.82, 2.24) is 24.9 Å². The minimum Gasteiger partial charge on any atom is -0.443 e. The normalized spacial score (nSPS) is 22.1. The molecule has 2 saturated heterocycles. The summed E-state index contributed by atoms with van der Waals surface area (Å²) in [4.78, 5) is 23.5. The number of rotatable bonds is 7. The molecule has 2 fully saturated rings. The van der Waals surface area contributed by atoms with E-state index in [2.05, 4.69) is 16.0 Å². The second-order valence-corrected chi connectivity index (χ2v) is 11.9. The molecule has 0 unspecified atom stereocenters. The van der Waals surface area contributed by atoms with Crippen LogP contribution in [0.25, 0.3) is 11.0 Å². The number of benzene rings is 2. The third-order valence-electron chi connectivity index (χ3n) is 8.61. The molecule has 12 heteroatoms. The Morgan fingerprint density at radius 3 is 2.70 bits per heavy atom. The number of nitrogens with one attached hydrogen (secondary N) is 1. The Bertz CT molecular complexity index is 1690. The van der Waals surface area contributed by atoms with Crippen LogP contribution in [0.5, 0.6) is 11.5 Å². The molecule has 7 rings (SSSR count). The number of hydrogen-bond donors (Lipinski definition) is 2. The molecule has 10 nitrogen and oxygen atoms in total. The first kappa shape index (κ1) is 28.0. The number of aromatic nitrogens is 3. The van der Waals surface area contributed by atoms with Gasteiger partial charge in [0.05, 0.1) is 29.7 Å². The minimum absolute atomic E-state index is 0.00199. The van der Waals surface area contributed by atoms with E-state index in [-0.39, 0.29) is 17.6 Å². The van der Waals surface area contributed by atoms with Crippen molar-refractivity contribution in [3.8, 4) is 11.5 Å². The Labute approximate surface area is 252 Å². The Morgan fingerprint density at radius 1 is 1.19 bits per heavy atom. The molecule has 0 aliphatic carbocycles. The van der Waals surface area contributed by atoms with Crippen molar-refractivity contribution in [2.75, 3.05) is 19.7 Å². The molecule has 4 aromatic rings. The van der Waals surface area contributed by atoms with Crippen molar-refractivity contribution in [2.24, 2.45) is 0 Å². The van der Waals surface area contributed by atoms with Crippen molar-refractivity contribution in [2.45, 2.75) is 57.1 Å². The number of para-hydroxylation sites is 1. The van der Waals surface area contributed by atoms with Crippen molar-refractivity contribution in [3.05, 3.63) is 82.1 Å². The number of carbonyl (C=O) groups excluding carboxylic acids is 1. The van der Waals surface area contributed by atoms with Crippen molar-refractivity contribution in [1.29, 1.82) is 0 Å². The maximum absolute atomic E-state index is 15.3. The third-order valence-corrected chi connectivity index (χ3v) is 8.84. The van der Waals surface area contributed by atoms with Crippen LogP contribution in [0.15, 0.2) is 48.7 Å². The maximum atomic E-state index is 15.3. The standard InChI is InChI=1S/C31H31ClFN5O5/c1-31(26-6-5-20(32)15-34-26)42-25-4-2-3-22(29(25)43-31)18-7-10-37(11-8-18)17-27-35-24-14-19(30(39)36-40)13-23(33)28(24)38(27)16-21-9-12-41-21/h2-6,13-15,18,21,40H,7-12,16-17H2,1H3,(H,36,39)/t21-,31-/m0/s1. The van der Waals surface area contributed by atoms with Gasteiger partial charge in [-0.25, -0.2) is 14.9 Å². The topological polar surface area (TPSA) is 111 Å². The second kappa shape index (κ2) is 11.1. The minimum atomic E-state index is -1.04. The molecule has 2 atom stereocenters. The highest BCUT2D eigenvalue weighted by molar-refractivity contribution is 6.30. The van der Waals surface area contributed by atoms with Gasteiger partial charge in [-0.3, -0.25) is 19.9 Å². The Balaban J connectivity index is 1.09. The largest absolute Gasteiger partial charge is 0.443 e. The van der Waals surface area contributed by atoms with E-state index in [0.717, 1.165) is 49.7 Å². The van der Waals surface area contributed by atoms with Crippen molar-refractivity contribution < 1.29 is 28.6 Å². The summed E-state index contributed by atoms with van der Waals surface area (Å²) in [5, 5.41) is 9.58. The molecule has 1 amide bonds. The van der Waals surface area contributed by atoms with Crippen molar-refractivity contribution in [3.63, 3.8) is 0 Å². The Morgan fingerprint density at radius 2 is 2.00 bits per heavy atom. The summed E-state index contributed by atoms with van der Waals surface area (Å²) >= 11 is 6.03. The summed E-state index contributed by atoms with van der Waals surface area (Å²) in [6.45, 7) is 5.19. The molecule has 0 bridgehead atoms. The number of fused-ring (bicyclic) bond motifs is 2. The predicted octanol–water partition coefficient (Wildman–Crippen LogP) is 5.16. The molecule has 0 saturated carbocycles. The number of pyridine rings is 1. The fraction of sp³-hybridized carbons (Fsp3) is 0.387. The number of halogens is 2. The second-order valence-electron chi connectivity index (χ2n) is 11.4. The zero-order valence-electron chi connectivity index (χ0n) is 23.6. The summed E-state index contributed by atoms with van der Waals surface area (Å²) in [5.74, 6) is 0.0483. The quantitative estimate of drug-likeness (QED) is 0.219. The number of carbonyl (C=O) groups is 1. The monoisotopic (exact) mass is 607 g/mol. The van der Waals surface area contributed by atoms with E-state index in [1.165, 1.54) is 6.07 Å². The van der Waals surface area contributed by atoms with Crippen LogP contribution in [0, 0.1) is 5.82 Å². The van der Waals surface area contributed by atoms with E-state index in [9.17, 15) is 4.79 Å². The van der Waals surface area contributed by atoms with E-state index in [4.69, 9.17) is 36.0 Å². The van der Waals surface area contributed by atoms with Gasteiger partial charge in [0.25, 0.3) is 11.7 Å². The highest BCUT2D eigenvalue weighted by atomic mass is 35.5. The first-order valence-corrected chi connectivity index (χ1v) is 14.8. The van der Waals surface area contributed by atoms with Crippen LogP contribution in [0.4, 0.5) is 4.39 Å². The summed E-state index contributed by atoms with van der Waals surface area (Å²) in [7, 11) is 0. The lowest BCUT2D eigenvalue weighted by molar-refractivity contribution is -0.0722. The third kappa shape index (κ3) is 5.20. The van der Waals surface area contributed by atoms with Crippen LogP contribution in [0.3, 0.4) is 0 Å². The zero-order chi connectivity index (χ0) is 29.7. The van der Waals surface area contributed by atoms with Gasteiger partial charge in [-0.05, 0) is 68.6 Å².